The first-order valence-electron chi connectivity index (χ1n) is 6.08. The van der Waals surface area contributed by atoms with Crippen molar-refractivity contribution in [1.82, 2.24) is 5.32 Å². The fourth-order valence-electron chi connectivity index (χ4n) is 1.44. The van der Waals surface area contributed by atoms with Crippen molar-refractivity contribution in [3.05, 3.63) is 36.0 Å². The minimum atomic E-state index is -0.965. The summed E-state index contributed by atoms with van der Waals surface area (Å²) in [7, 11) is 1.47. The van der Waals surface area contributed by atoms with Crippen LogP contribution in [0.4, 0.5) is 5.69 Å². The van der Waals surface area contributed by atoms with Crippen molar-refractivity contribution >= 4 is 17.6 Å². The highest BCUT2D eigenvalue weighted by atomic mass is 16.5. The number of rotatable bonds is 7. The smallest absolute Gasteiger partial charge is 0.305 e. The Hall–Kier alpha value is -3.01. The van der Waals surface area contributed by atoms with Crippen molar-refractivity contribution in [3.63, 3.8) is 0 Å². The van der Waals surface area contributed by atoms with Gasteiger partial charge in [-0.1, -0.05) is 12.1 Å². The molecule has 0 fully saturated rings. The molecule has 0 bridgehead atoms. The summed E-state index contributed by atoms with van der Waals surface area (Å²) < 4.78 is 5.09. The summed E-state index contributed by atoms with van der Waals surface area (Å²) in [6.07, 6.45) is 1.08. The van der Waals surface area contributed by atoms with Crippen LogP contribution in [0.5, 0.6) is 5.75 Å². The fourth-order valence-corrected chi connectivity index (χ4v) is 1.44. The molecule has 0 aromatic heterocycles. The van der Waals surface area contributed by atoms with Gasteiger partial charge in [-0.3, -0.25) is 9.59 Å². The molecule has 0 atom stereocenters. The van der Waals surface area contributed by atoms with Crippen LogP contribution >= 0.6 is 0 Å². The highest BCUT2D eigenvalue weighted by molar-refractivity contribution is 6.07. The van der Waals surface area contributed by atoms with Crippen LogP contribution in [0.25, 0.3) is 0 Å². The van der Waals surface area contributed by atoms with Gasteiger partial charge in [-0.05, 0) is 12.1 Å². The molecule has 0 spiro atoms. The van der Waals surface area contributed by atoms with Crippen LogP contribution in [-0.2, 0) is 9.59 Å². The summed E-state index contributed by atoms with van der Waals surface area (Å²) >= 11 is 0. The van der Waals surface area contributed by atoms with Crippen LogP contribution in [0.15, 0.2) is 36.0 Å². The van der Waals surface area contributed by atoms with E-state index in [1.807, 2.05) is 0 Å². The number of carboxylic acids is 1. The van der Waals surface area contributed by atoms with Gasteiger partial charge in [-0.25, -0.2) is 0 Å². The number of carbonyl (C=O) groups excluding carboxylic acids is 1. The van der Waals surface area contributed by atoms with E-state index in [0.717, 1.165) is 0 Å². The Kier molecular flexibility index (Phi) is 6.28. The predicted molar refractivity (Wildman–Crippen MR) is 75.6 cm³/mol. The molecule has 1 rings (SSSR count). The maximum Gasteiger partial charge on any atom is 0.305 e. The molecule has 1 amide bonds. The SMILES string of the molecule is COc1ccccc1NC(=O)/C(C#N)=C\NCCC(=O)O. The number of hydrogen-bond acceptors (Lipinski definition) is 5. The molecule has 0 aliphatic heterocycles. The Balaban J connectivity index is 2.69. The molecule has 21 heavy (non-hydrogen) atoms. The van der Waals surface area contributed by atoms with Gasteiger partial charge < -0.3 is 20.5 Å². The van der Waals surface area contributed by atoms with Crippen LogP contribution < -0.4 is 15.4 Å². The van der Waals surface area contributed by atoms with E-state index in [0.29, 0.717) is 11.4 Å². The lowest BCUT2D eigenvalue weighted by molar-refractivity contribution is -0.136. The van der Waals surface area contributed by atoms with Crippen LogP contribution in [0, 0.1) is 11.3 Å². The highest BCUT2D eigenvalue weighted by Gasteiger charge is 2.11. The number of aliphatic carboxylic acids is 1. The Morgan fingerprint density at radius 3 is 2.76 bits per heavy atom. The number of ether oxygens (including phenoxy) is 1. The van der Waals surface area contributed by atoms with Gasteiger partial charge in [0.2, 0.25) is 0 Å². The monoisotopic (exact) mass is 289 g/mol. The van der Waals surface area contributed by atoms with Crippen LogP contribution in [-0.4, -0.2) is 30.6 Å². The minimum absolute atomic E-state index is 0.108. The number of anilines is 1. The molecule has 0 aliphatic rings. The Morgan fingerprint density at radius 1 is 1.43 bits per heavy atom. The van der Waals surface area contributed by atoms with Gasteiger partial charge in [0.25, 0.3) is 5.91 Å². The van der Waals surface area contributed by atoms with Gasteiger partial charge in [0.1, 0.15) is 17.4 Å². The summed E-state index contributed by atoms with van der Waals surface area (Å²) in [6.45, 7) is 0.127. The summed E-state index contributed by atoms with van der Waals surface area (Å²) in [5, 5.41) is 22.6. The maximum atomic E-state index is 11.9. The predicted octanol–water partition coefficient (Wildman–Crippen LogP) is 1.11. The Bertz CT molecular complexity index is 590. The molecule has 0 heterocycles. The second-order valence-electron chi connectivity index (χ2n) is 3.92. The van der Waals surface area contributed by atoms with E-state index in [9.17, 15) is 9.59 Å². The number of nitrogens with zero attached hydrogens (tertiary/aromatic N) is 1. The number of amides is 1. The molecule has 7 heteroatoms. The molecule has 0 aliphatic carbocycles. The summed E-state index contributed by atoms with van der Waals surface area (Å²) in [6, 6.07) is 8.54. The van der Waals surface area contributed by atoms with Crippen LogP contribution in [0.1, 0.15) is 6.42 Å². The van der Waals surface area contributed by atoms with Gasteiger partial charge in [-0.2, -0.15) is 5.26 Å². The number of carboxylic acid groups (broad SMARTS) is 1. The molecular weight excluding hydrogens is 274 g/mol. The lowest BCUT2D eigenvalue weighted by Gasteiger charge is -2.09. The molecular formula is C14H15N3O4. The first-order chi connectivity index (χ1) is 10.1. The molecule has 110 valence electrons. The van der Waals surface area contributed by atoms with Crippen molar-refractivity contribution in [2.75, 3.05) is 19.0 Å². The second-order valence-corrected chi connectivity index (χ2v) is 3.92. The molecule has 0 radical (unpaired) electrons. The summed E-state index contributed by atoms with van der Waals surface area (Å²) in [5.74, 6) is -1.10. The third kappa shape index (κ3) is 5.24. The number of hydrogen-bond donors (Lipinski definition) is 3. The van der Waals surface area contributed by atoms with Gasteiger partial charge in [0.05, 0.1) is 19.2 Å². The van der Waals surface area contributed by atoms with Gasteiger partial charge >= 0.3 is 5.97 Å². The standard InChI is InChI=1S/C14H15N3O4/c1-21-12-5-3-2-4-11(12)17-14(20)10(8-15)9-16-7-6-13(18)19/h2-5,9,16H,6-7H2,1H3,(H,17,20)(H,18,19)/b10-9-. The van der Waals surface area contributed by atoms with E-state index in [2.05, 4.69) is 10.6 Å². The van der Waals surface area contributed by atoms with Crippen LogP contribution in [0.3, 0.4) is 0 Å². The van der Waals surface area contributed by atoms with E-state index in [1.165, 1.54) is 13.3 Å². The van der Waals surface area contributed by atoms with Crippen molar-refractivity contribution in [2.45, 2.75) is 6.42 Å². The topological polar surface area (TPSA) is 111 Å². The zero-order chi connectivity index (χ0) is 15.7. The minimum Gasteiger partial charge on any atom is -0.495 e. The third-order valence-electron chi connectivity index (χ3n) is 2.45. The summed E-state index contributed by atoms with van der Waals surface area (Å²) in [5.41, 5.74) is 0.281. The maximum absolute atomic E-state index is 11.9. The summed E-state index contributed by atoms with van der Waals surface area (Å²) in [4.78, 5) is 22.3. The highest BCUT2D eigenvalue weighted by Crippen LogP contribution is 2.23. The van der Waals surface area contributed by atoms with E-state index >= 15 is 0 Å². The number of nitrogens with one attached hydrogen (secondary N) is 2. The molecule has 3 N–H and O–H groups in total. The first kappa shape index (κ1) is 16.0. The average Bonchev–Trinajstić information content (AvgIpc) is 2.47. The van der Waals surface area contributed by atoms with Gasteiger partial charge in [-0.15, -0.1) is 0 Å². The van der Waals surface area contributed by atoms with Crippen LogP contribution in [0.2, 0.25) is 0 Å². The zero-order valence-electron chi connectivity index (χ0n) is 11.4. The molecule has 1 aromatic rings. The number of methoxy groups -OCH3 is 1. The van der Waals surface area contributed by atoms with Gasteiger partial charge in [0, 0.05) is 12.7 Å². The van der Waals surface area contributed by atoms with E-state index in [-0.39, 0.29) is 18.5 Å². The zero-order valence-corrected chi connectivity index (χ0v) is 11.4. The number of para-hydroxylation sites is 2. The van der Waals surface area contributed by atoms with Crippen molar-refractivity contribution < 1.29 is 19.4 Å². The molecule has 0 unspecified atom stereocenters. The number of benzene rings is 1. The first-order valence-corrected chi connectivity index (χ1v) is 6.08. The van der Waals surface area contributed by atoms with Crippen molar-refractivity contribution in [2.24, 2.45) is 0 Å². The quantitative estimate of drug-likeness (QED) is 0.394. The van der Waals surface area contributed by atoms with Crippen molar-refractivity contribution in [1.29, 1.82) is 5.26 Å². The number of nitriles is 1. The van der Waals surface area contributed by atoms with E-state index in [1.54, 1.807) is 30.3 Å². The number of carbonyl (C=O) groups is 2. The molecule has 1 aromatic carbocycles. The Morgan fingerprint density at radius 2 is 2.14 bits per heavy atom. The average molecular weight is 289 g/mol. The normalized spacial score (nSPS) is 10.4. The van der Waals surface area contributed by atoms with E-state index < -0.39 is 11.9 Å². The molecule has 0 saturated heterocycles. The second kappa shape index (κ2) is 8.22. The third-order valence-corrected chi connectivity index (χ3v) is 2.45. The van der Waals surface area contributed by atoms with E-state index in [4.69, 9.17) is 15.1 Å². The van der Waals surface area contributed by atoms with Gasteiger partial charge in [0.15, 0.2) is 0 Å². The lowest BCUT2D eigenvalue weighted by atomic mass is 10.2. The fraction of sp³-hybridized carbons (Fsp3) is 0.214. The molecule has 7 nitrogen and oxygen atoms in total. The largest absolute Gasteiger partial charge is 0.495 e. The van der Waals surface area contributed by atoms with Crippen molar-refractivity contribution in [3.8, 4) is 11.8 Å². The Labute approximate surface area is 121 Å². The lowest BCUT2D eigenvalue weighted by Crippen LogP contribution is -2.18. The molecule has 0 saturated carbocycles.